The van der Waals surface area contributed by atoms with Gasteiger partial charge in [0.15, 0.2) is 0 Å². The van der Waals surface area contributed by atoms with Crippen LogP contribution in [0.1, 0.15) is 12.8 Å². The summed E-state index contributed by atoms with van der Waals surface area (Å²) < 4.78 is 0. The lowest BCUT2D eigenvalue weighted by molar-refractivity contribution is 0.222. The van der Waals surface area contributed by atoms with Crippen molar-refractivity contribution in [3.05, 3.63) is 30.5 Å². The lowest BCUT2D eigenvalue weighted by Gasteiger charge is -2.32. The van der Waals surface area contributed by atoms with Crippen LogP contribution in [-0.2, 0) is 0 Å². The summed E-state index contributed by atoms with van der Waals surface area (Å²) >= 11 is 0. The third-order valence-electron chi connectivity index (χ3n) is 4.56. The Labute approximate surface area is 126 Å². The minimum atomic E-state index is 0.752. The number of nitrogens with zero attached hydrogens (tertiary/aromatic N) is 3. The van der Waals surface area contributed by atoms with Crippen LogP contribution in [0, 0.1) is 5.92 Å². The molecule has 0 amide bonds. The minimum absolute atomic E-state index is 0.752. The van der Waals surface area contributed by atoms with Crippen molar-refractivity contribution in [3.63, 3.8) is 0 Å². The van der Waals surface area contributed by atoms with E-state index in [-0.39, 0.29) is 0 Å². The number of hydrogen-bond acceptors (Lipinski definition) is 4. The van der Waals surface area contributed by atoms with Crippen LogP contribution >= 0.6 is 0 Å². The van der Waals surface area contributed by atoms with Gasteiger partial charge in [-0.1, -0.05) is 12.1 Å². The first-order valence-electron chi connectivity index (χ1n) is 7.68. The zero-order chi connectivity index (χ0) is 14.8. The first-order valence-corrected chi connectivity index (χ1v) is 7.68. The first kappa shape index (κ1) is 14.1. The van der Waals surface area contributed by atoms with Crippen molar-refractivity contribution < 1.29 is 0 Å². The van der Waals surface area contributed by atoms with Crippen LogP contribution in [0.5, 0.6) is 0 Å². The Morgan fingerprint density at radius 2 is 2.05 bits per heavy atom. The van der Waals surface area contributed by atoms with Crippen molar-refractivity contribution in [1.29, 1.82) is 0 Å². The SMILES string of the molecule is CN1CCC(CN(C)c2ccnc3c(N)cccc23)CC1. The molecule has 0 unspecified atom stereocenters. The Morgan fingerprint density at radius 3 is 2.81 bits per heavy atom. The molecule has 2 N–H and O–H groups in total. The van der Waals surface area contributed by atoms with E-state index in [0.717, 1.165) is 29.1 Å². The summed E-state index contributed by atoms with van der Waals surface area (Å²) in [5, 5.41) is 1.15. The molecule has 2 aromatic rings. The fourth-order valence-electron chi connectivity index (χ4n) is 3.25. The number of nitrogen functional groups attached to an aromatic ring is 1. The van der Waals surface area contributed by atoms with Crippen molar-refractivity contribution in [1.82, 2.24) is 9.88 Å². The standard InChI is InChI=1S/C17H24N4/c1-20-10-7-13(8-11-20)12-21(2)16-6-9-19-17-14(16)4-3-5-15(17)18/h3-6,9,13H,7-8,10-12,18H2,1-2H3. The highest BCUT2D eigenvalue weighted by molar-refractivity contribution is 5.97. The monoisotopic (exact) mass is 284 g/mol. The quantitative estimate of drug-likeness (QED) is 0.880. The normalized spacial score (nSPS) is 17.2. The summed E-state index contributed by atoms with van der Waals surface area (Å²) in [5.74, 6) is 0.774. The molecule has 1 aliphatic heterocycles. The molecule has 1 aromatic heterocycles. The predicted molar refractivity (Wildman–Crippen MR) is 89.6 cm³/mol. The van der Waals surface area contributed by atoms with Gasteiger partial charge in [-0.05, 0) is 51.0 Å². The second-order valence-electron chi connectivity index (χ2n) is 6.20. The van der Waals surface area contributed by atoms with Crippen molar-refractivity contribution in [2.45, 2.75) is 12.8 Å². The van der Waals surface area contributed by atoms with Gasteiger partial charge >= 0.3 is 0 Å². The Morgan fingerprint density at radius 1 is 1.29 bits per heavy atom. The molecule has 4 heteroatoms. The van der Waals surface area contributed by atoms with Crippen molar-refractivity contribution in [2.24, 2.45) is 5.92 Å². The van der Waals surface area contributed by atoms with Crippen LogP contribution < -0.4 is 10.6 Å². The van der Waals surface area contributed by atoms with E-state index in [4.69, 9.17) is 5.73 Å². The van der Waals surface area contributed by atoms with Gasteiger partial charge in [-0.2, -0.15) is 0 Å². The second-order valence-corrected chi connectivity index (χ2v) is 6.20. The van der Waals surface area contributed by atoms with Gasteiger partial charge in [0.25, 0.3) is 0 Å². The average Bonchev–Trinajstić information content (AvgIpc) is 2.49. The molecule has 1 aromatic carbocycles. The van der Waals surface area contributed by atoms with Gasteiger partial charge in [0, 0.05) is 30.9 Å². The van der Waals surface area contributed by atoms with Crippen molar-refractivity contribution in [3.8, 4) is 0 Å². The van der Waals surface area contributed by atoms with E-state index < -0.39 is 0 Å². The number of hydrogen-bond donors (Lipinski definition) is 1. The van der Waals surface area contributed by atoms with Crippen LogP contribution in [0.4, 0.5) is 11.4 Å². The third-order valence-corrected chi connectivity index (χ3v) is 4.56. The molecule has 0 aliphatic carbocycles. The molecule has 3 rings (SSSR count). The molecule has 1 aliphatic rings. The van der Waals surface area contributed by atoms with E-state index in [2.05, 4.69) is 41.0 Å². The topological polar surface area (TPSA) is 45.4 Å². The van der Waals surface area contributed by atoms with E-state index >= 15 is 0 Å². The first-order chi connectivity index (χ1) is 10.1. The molecule has 0 saturated carbocycles. The number of rotatable bonds is 3. The van der Waals surface area contributed by atoms with Crippen molar-refractivity contribution in [2.75, 3.05) is 44.4 Å². The maximum absolute atomic E-state index is 6.04. The number of para-hydroxylation sites is 1. The van der Waals surface area contributed by atoms with Gasteiger partial charge in [-0.25, -0.2) is 0 Å². The lowest BCUT2D eigenvalue weighted by Crippen LogP contribution is -2.35. The minimum Gasteiger partial charge on any atom is -0.397 e. The third kappa shape index (κ3) is 2.95. The second kappa shape index (κ2) is 5.90. The summed E-state index contributed by atoms with van der Waals surface area (Å²) in [6.07, 6.45) is 4.43. The van der Waals surface area contributed by atoms with Crippen LogP contribution in [0.3, 0.4) is 0 Å². The summed E-state index contributed by atoms with van der Waals surface area (Å²) in [5.41, 5.74) is 8.93. The molecule has 1 fully saturated rings. The van der Waals surface area contributed by atoms with Crippen LogP contribution in [0.15, 0.2) is 30.5 Å². The molecular weight excluding hydrogens is 260 g/mol. The molecule has 0 bridgehead atoms. The van der Waals surface area contributed by atoms with Gasteiger partial charge in [-0.3, -0.25) is 4.98 Å². The Kier molecular flexibility index (Phi) is 3.97. The molecular formula is C17H24N4. The summed E-state index contributed by atoms with van der Waals surface area (Å²) in [7, 11) is 4.38. The number of benzene rings is 1. The molecule has 2 heterocycles. The van der Waals surface area contributed by atoms with E-state index in [9.17, 15) is 0 Å². The van der Waals surface area contributed by atoms with Gasteiger partial charge in [0.05, 0.1) is 11.2 Å². The number of fused-ring (bicyclic) bond motifs is 1. The number of aromatic nitrogens is 1. The van der Waals surface area contributed by atoms with Gasteiger partial charge in [-0.15, -0.1) is 0 Å². The van der Waals surface area contributed by atoms with E-state index in [1.807, 2.05) is 18.3 Å². The number of likely N-dealkylation sites (tertiary alicyclic amines) is 1. The maximum atomic E-state index is 6.04. The van der Waals surface area contributed by atoms with Gasteiger partial charge in [0.1, 0.15) is 0 Å². The average molecular weight is 284 g/mol. The number of piperidine rings is 1. The number of pyridine rings is 1. The predicted octanol–water partition coefficient (Wildman–Crippen LogP) is 2.60. The van der Waals surface area contributed by atoms with E-state index in [1.165, 1.54) is 31.6 Å². The zero-order valence-corrected chi connectivity index (χ0v) is 12.9. The highest BCUT2D eigenvalue weighted by Gasteiger charge is 2.19. The molecule has 4 nitrogen and oxygen atoms in total. The summed E-state index contributed by atoms with van der Waals surface area (Å²) in [6, 6.07) is 8.12. The van der Waals surface area contributed by atoms with Crippen LogP contribution in [0.2, 0.25) is 0 Å². The smallest absolute Gasteiger partial charge is 0.0951 e. The van der Waals surface area contributed by atoms with Crippen LogP contribution in [-0.4, -0.2) is 43.6 Å². The Bertz CT molecular complexity index is 617. The molecule has 21 heavy (non-hydrogen) atoms. The summed E-state index contributed by atoms with van der Waals surface area (Å²) in [6.45, 7) is 3.52. The zero-order valence-electron chi connectivity index (χ0n) is 12.9. The largest absolute Gasteiger partial charge is 0.397 e. The lowest BCUT2D eigenvalue weighted by atomic mass is 9.96. The van der Waals surface area contributed by atoms with Crippen LogP contribution in [0.25, 0.3) is 10.9 Å². The molecule has 0 spiro atoms. The fourth-order valence-corrected chi connectivity index (χ4v) is 3.25. The number of anilines is 2. The number of nitrogens with two attached hydrogens (primary N) is 1. The molecule has 0 atom stereocenters. The highest BCUT2D eigenvalue weighted by Crippen LogP contribution is 2.29. The highest BCUT2D eigenvalue weighted by atomic mass is 15.1. The Balaban J connectivity index is 1.81. The van der Waals surface area contributed by atoms with E-state index in [0.29, 0.717) is 0 Å². The van der Waals surface area contributed by atoms with Gasteiger partial charge in [0.2, 0.25) is 0 Å². The van der Waals surface area contributed by atoms with E-state index in [1.54, 1.807) is 0 Å². The molecule has 1 saturated heterocycles. The van der Waals surface area contributed by atoms with Gasteiger partial charge < -0.3 is 15.5 Å². The van der Waals surface area contributed by atoms with Crippen molar-refractivity contribution >= 4 is 22.3 Å². The summed E-state index contributed by atoms with van der Waals surface area (Å²) in [4.78, 5) is 9.20. The molecule has 0 radical (unpaired) electrons. The molecule has 112 valence electrons. The fraction of sp³-hybridized carbons (Fsp3) is 0.471. The Hall–Kier alpha value is -1.81. The maximum Gasteiger partial charge on any atom is 0.0951 e.